The van der Waals surface area contributed by atoms with Crippen LogP contribution in [0, 0.1) is 0 Å². The van der Waals surface area contributed by atoms with Crippen LogP contribution in [-0.4, -0.2) is 14.2 Å². The highest BCUT2D eigenvalue weighted by Gasteiger charge is 2.13. The van der Waals surface area contributed by atoms with Gasteiger partial charge in [-0.2, -0.15) is 4.33 Å². The zero-order valence-corrected chi connectivity index (χ0v) is 10.9. The molecule has 0 N–H and O–H groups in total. The second kappa shape index (κ2) is 6.97. The van der Waals surface area contributed by atoms with Gasteiger partial charge >= 0.3 is 0 Å². The minimum absolute atomic E-state index is 0.149. The van der Waals surface area contributed by atoms with Crippen molar-refractivity contribution in [1.29, 1.82) is 0 Å². The summed E-state index contributed by atoms with van der Waals surface area (Å²) in [5.41, 5.74) is 0. The minimum Gasteiger partial charge on any atom is -0.691 e. The van der Waals surface area contributed by atoms with Gasteiger partial charge in [0.1, 0.15) is 0 Å². The lowest BCUT2D eigenvalue weighted by Crippen LogP contribution is -2.06. The Kier molecular flexibility index (Phi) is 5.93. The molecule has 1 rings (SSSR count). The first kappa shape index (κ1) is 14.5. The van der Waals surface area contributed by atoms with Crippen LogP contribution in [0.5, 0.6) is 0 Å². The molecule has 0 fully saturated rings. The Morgan fingerprint density at radius 2 is 1.94 bits per heavy atom. The first-order valence-corrected chi connectivity index (χ1v) is 7.45. The molecular formula is C10H13O5S2-. The van der Waals surface area contributed by atoms with Gasteiger partial charge < -0.3 is 5.26 Å². The first-order chi connectivity index (χ1) is 8.10. The maximum Gasteiger partial charge on any atom is 0.178 e. The van der Waals surface area contributed by atoms with Crippen molar-refractivity contribution in [2.45, 2.75) is 29.6 Å². The van der Waals surface area contributed by atoms with Crippen molar-refractivity contribution in [3.05, 3.63) is 24.3 Å². The van der Waals surface area contributed by atoms with Crippen molar-refractivity contribution in [2.24, 2.45) is 0 Å². The average Bonchev–Trinajstić information content (AvgIpc) is 2.34. The van der Waals surface area contributed by atoms with E-state index in [1.54, 1.807) is 12.1 Å². The quantitative estimate of drug-likeness (QED) is 0.427. The summed E-state index contributed by atoms with van der Waals surface area (Å²) >= 11 is 0.728. The van der Waals surface area contributed by atoms with E-state index >= 15 is 0 Å². The van der Waals surface area contributed by atoms with E-state index in [-0.39, 0.29) is 10.6 Å². The number of benzene rings is 1. The molecule has 0 spiro atoms. The third-order valence-corrected chi connectivity index (χ3v) is 4.51. The van der Waals surface area contributed by atoms with Crippen LogP contribution < -0.4 is 5.26 Å². The summed E-state index contributed by atoms with van der Waals surface area (Å²) in [5, 5.41) is 12.8. The van der Waals surface area contributed by atoms with E-state index in [9.17, 15) is 13.7 Å². The van der Waals surface area contributed by atoms with E-state index < -0.39 is 9.84 Å². The fraction of sp³-hybridized carbons (Fsp3) is 0.400. The van der Waals surface area contributed by atoms with E-state index in [0.717, 1.165) is 18.5 Å². The predicted molar refractivity (Wildman–Crippen MR) is 61.4 cm³/mol. The van der Waals surface area contributed by atoms with Gasteiger partial charge in [0.25, 0.3) is 0 Å². The van der Waals surface area contributed by atoms with Crippen molar-refractivity contribution in [1.82, 2.24) is 0 Å². The van der Waals surface area contributed by atoms with E-state index in [1.807, 2.05) is 6.92 Å². The van der Waals surface area contributed by atoms with Crippen LogP contribution >= 0.6 is 12.0 Å². The number of rotatable bonds is 7. The van der Waals surface area contributed by atoms with Crippen molar-refractivity contribution in [3.63, 3.8) is 0 Å². The number of unbranched alkanes of at least 4 members (excludes halogenated alkanes) is 1. The normalized spacial score (nSPS) is 11.6. The lowest BCUT2D eigenvalue weighted by atomic mass is 10.4. The fourth-order valence-corrected chi connectivity index (χ4v) is 3.02. The Morgan fingerprint density at radius 3 is 2.47 bits per heavy atom. The second-order valence-electron chi connectivity index (χ2n) is 3.36. The fourth-order valence-electron chi connectivity index (χ4n) is 1.21. The summed E-state index contributed by atoms with van der Waals surface area (Å²) in [7, 11) is -3.20. The summed E-state index contributed by atoms with van der Waals surface area (Å²) < 4.78 is 27.7. The molecule has 96 valence electrons. The molecule has 0 aliphatic rings. The van der Waals surface area contributed by atoms with E-state index in [1.165, 1.54) is 12.1 Å². The molecule has 0 saturated heterocycles. The van der Waals surface area contributed by atoms with Crippen LogP contribution in [0.1, 0.15) is 19.8 Å². The Morgan fingerprint density at radius 1 is 1.29 bits per heavy atom. The molecule has 0 unspecified atom stereocenters. The predicted octanol–water partition coefficient (Wildman–Crippen LogP) is 1.49. The molecule has 17 heavy (non-hydrogen) atoms. The highest BCUT2D eigenvalue weighted by Crippen LogP contribution is 2.21. The SMILES string of the molecule is CCCCS(=O)(=O)c1ccc(SOO[O-])cc1. The monoisotopic (exact) mass is 277 g/mol. The molecular weight excluding hydrogens is 264 g/mol. The summed E-state index contributed by atoms with van der Waals surface area (Å²) in [6.07, 6.45) is 1.48. The smallest absolute Gasteiger partial charge is 0.178 e. The summed E-state index contributed by atoms with van der Waals surface area (Å²) in [6, 6.07) is 6.09. The number of hydrogen-bond donors (Lipinski definition) is 0. The lowest BCUT2D eigenvalue weighted by Gasteiger charge is -2.06. The van der Waals surface area contributed by atoms with Crippen LogP contribution in [0.25, 0.3) is 0 Å². The molecule has 0 saturated carbocycles. The molecule has 0 heterocycles. The van der Waals surface area contributed by atoms with Crippen molar-refractivity contribution in [2.75, 3.05) is 5.75 Å². The lowest BCUT2D eigenvalue weighted by molar-refractivity contribution is -0.777. The van der Waals surface area contributed by atoms with Crippen LogP contribution in [-0.2, 0) is 19.2 Å². The van der Waals surface area contributed by atoms with Crippen molar-refractivity contribution in [3.8, 4) is 0 Å². The molecule has 7 heteroatoms. The largest absolute Gasteiger partial charge is 0.691 e. The molecule has 0 amide bonds. The van der Waals surface area contributed by atoms with Gasteiger partial charge in [0.2, 0.25) is 0 Å². The molecule has 0 bridgehead atoms. The zero-order chi connectivity index (χ0) is 12.7. The minimum atomic E-state index is -3.20. The third kappa shape index (κ3) is 4.64. The molecule has 0 aromatic heterocycles. The summed E-state index contributed by atoms with van der Waals surface area (Å²) in [4.78, 5) is 0.869. The van der Waals surface area contributed by atoms with Crippen LogP contribution in [0.3, 0.4) is 0 Å². The van der Waals surface area contributed by atoms with Crippen molar-refractivity contribution >= 4 is 21.9 Å². The van der Waals surface area contributed by atoms with E-state index in [2.05, 4.69) is 9.37 Å². The maximum absolute atomic E-state index is 11.8. The Bertz CT molecular complexity index is 427. The average molecular weight is 277 g/mol. The van der Waals surface area contributed by atoms with Gasteiger partial charge in [0.05, 0.1) is 22.7 Å². The topological polar surface area (TPSA) is 75.7 Å². The molecule has 0 atom stereocenters. The van der Waals surface area contributed by atoms with Crippen LogP contribution in [0.4, 0.5) is 0 Å². The number of sulfone groups is 1. The van der Waals surface area contributed by atoms with Crippen molar-refractivity contribution < 1.29 is 23.0 Å². The van der Waals surface area contributed by atoms with Gasteiger partial charge in [0.15, 0.2) is 9.84 Å². The summed E-state index contributed by atoms with van der Waals surface area (Å²) in [6.45, 7) is 1.94. The second-order valence-corrected chi connectivity index (χ2v) is 6.25. The Hall–Kier alpha value is -0.600. The van der Waals surface area contributed by atoms with Gasteiger partial charge in [-0.15, -0.1) is 0 Å². The van der Waals surface area contributed by atoms with Gasteiger partial charge in [-0.1, -0.05) is 13.3 Å². The molecule has 1 aromatic carbocycles. The first-order valence-electron chi connectivity index (χ1n) is 5.06. The zero-order valence-electron chi connectivity index (χ0n) is 9.29. The Labute approximate surface area is 105 Å². The summed E-state index contributed by atoms with van der Waals surface area (Å²) in [5.74, 6) is 0.149. The van der Waals surface area contributed by atoms with Gasteiger partial charge in [-0.25, -0.2) is 8.42 Å². The van der Waals surface area contributed by atoms with E-state index in [4.69, 9.17) is 0 Å². The standard InChI is InChI=1S/C10H14O5S2/c1-2-3-8-17(12,13)10-6-4-9(5-7-10)16-15-14-11/h4-7,11H,2-3,8H2,1H3/p-1. The van der Waals surface area contributed by atoms with Gasteiger partial charge in [0, 0.05) is 4.90 Å². The molecule has 1 aromatic rings. The third-order valence-electron chi connectivity index (χ3n) is 2.11. The highest BCUT2D eigenvalue weighted by atomic mass is 32.2. The maximum atomic E-state index is 11.8. The number of hydrogen-bond acceptors (Lipinski definition) is 6. The van der Waals surface area contributed by atoms with Crippen LogP contribution in [0.15, 0.2) is 34.1 Å². The highest BCUT2D eigenvalue weighted by molar-refractivity contribution is 7.94. The Balaban J connectivity index is 2.73. The van der Waals surface area contributed by atoms with Gasteiger partial charge in [-0.3, -0.25) is 5.04 Å². The molecule has 5 nitrogen and oxygen atoms in total. The molecule has 0 aliphatic heterocycles. The molecule has 0 radical (unpaired) electrons. The van der Waals surface area contributed by atoms with Crippen LogP contribution in [0.2, 0.25) is 0 Å². The van der Waals surface area contributed by atoms with Gasteiger partial charge in [-0.05, 0) is 30.7 Å². The molecule has 0 aliphatic carbocycles. The van der Waals surface area contributed by atoms with E-state index in [0.29, 0.717) is 11.3 Å².